The van der Waals surface area contributed by atoms with Gasteiger partial charge < -0.3 is 19.1 Å². The number of rotatable bonds is 2. The molecule has 0 atom stereocenters. The van der Waals surface area contributed by atoms with Gasteiger partial charge in [0.15, 0.2) is 11.5 Å². The van der Waals surface area contributed by atoms with Gasteiger partial charge in [0.2, 0.25) is 5.76 Å². The molecule has 2 aromatic rings. The van der Waals surface area contributed by atoms with E-state index in [9.17, 15) is 9.59 Å². The predicted molar refractivity (Wildman–Crippen MR) is 58.2 cm³/mol. The molecule has 0 spiro atoms. The van der Waals surface area contributed by atoms with E-state index in [-0.39, 0.29) is 17.4 Å². The number of nitrogens with zero attached hydrogens (tertiary/aromatic N) is 5. The molecule has 0 saturated heterocycles. The van der Waals surface area contributed by atoms with Gasteiger partial charge in [-0.1, -0.05) is 5.16 Å². The number of aromatic carboxylic acids is 1. The van der Waals surface area contributed by atoms with E-state index in [4.69, 9.17) is 5.11 Å². The summed E-state index contributed by atoms with van der Waals surface area (Å²) in [5, 5.41) is 19.8. The van der Waals surface area contributed by atoms with E-state index >= 15 is 0 Å². The molecular weight excluding hydrogens is 254 g/mol. The zero-order chi connectivity index (χ0) is 13.4. The second-order valence-corrected chi connectivity index (χ2v) is 4.05. The Morgan fingerprint density at radius 1 is 1.37 bits per heavy atom. The van der Waals surface area contributed by atoms with Crippen LogP contribution < -0.4 is 0 Å². The predicted octanol–water partition coefficient (Wildman–Crippen LogP) is -0.380. The number of carbonyl (C=O) groups excluding carboxylic acids is 1. The van der Waals surface area contributed by atoms with Crippen molar-refractivity contribution in [1.29, 1.82) is 0 Å². The average molecular weight is 263 g/mol. The lowest BCUT2D eigenvalue weighted by molar-refractivity contribution is 0.0645. The molecule has 9 nitrogen and oxygen atoms in total. The highest BCUT2D eigenvalue weighted by molar-refractivity contribution is 5.94. The Morgan fingerprint density at radius 3 is 2.95 bits per heavy atom. The molecule has 0 aliphatic carbocycles. The third kappa shape index (κ3) is 1.94. The molecule has 0 aromatic carbocycles. The van der Waals surface area contributed by atoms with Gasteiger partial charge in [-0.3, -0.25) is 4.79 Å². The topological polar surface area (TPSA) is 114 Å². The van der Waals surface area contributed by atoms with Gasteiger partial charge in [-0.05, 0) is 0 Å². The Balaban J connectivity index is 1.79. The van der Waals surface area contributed by atoms with Gasteiger partial charge >= 0.3 is 5.97 Å². The van der Waals surface area contributed by atoms with Crippen molar-refractivity contribution in [1.82, 2.24) is 24.8 Å². The van der Waals surface area contributed by atoms with Gasteiger partial charge in [0, 0.05) is 19.2 Å². The summed E-state index contributed by atoms with van der Waals surface area (Å²) in [6.07, 6.45) is 1.61. The maximum absolute atomic E-state index is 12.1. The van der Waals surface area contributed by atoms with Crippen LogP contribution in [0.1, 0.15) is 26.9 Å². The molecule has 1 aliphatic rings. The molecule has 0 saturated carbocycles. The maximum atomic E-state index is 12.1. The Bertz CT molecular complexity index is 646. The summed E-state index contributed by atoms with van der Waals surface area (Å²) >= 11 is 0. The third-order valence-electron chi connectivity index (χ3n) is 2.87. The smallest absolute Gasteiger partial charge is 0.374 e. The summed E-state index contributed by atoms with van der Waals surface area (Å²) in [6, 6.07) is 1.12. The van der Waals surface area contributed by atoms with E-state index in [0.717, 1.165) is 6.07 Å². The molecule has 0 radical (unpaired) electrons. The average Bonchev–Trinajstić information content (AvgIpc) is 3.06. The molecule has 98 valence electrons. The Kier molecular flexibility index (Phi) is 2.51. The number of carboxylic acid groups (broad SMARTS) is 1. The van der Waals surface area contributed by atoms with E-state index in [1.54, 1.807) is 6.33 Å². The minimum Gasteiger partial charge on any atom is -0.475 e. The molecule has 19 heavy (non-hydrogen) atoms. The summed E-state index contributed by atoms with van der Waals surface area (Å²) in [5.74, 6) is -1.32. The fraction of sp³-hybridized carbons (Fsp3) is 0.300. The van der Waals surface area contributed by atoms with Gasteiger partial charge in [-0.15, -0.1) is 10.2 Å². The van der Waals surface area contributed by atoms with Crippen molar-refractivity contribution in [3.05, 3.63) is 29.7 Å². The Morgan fingerprint density at radius 2 is 2.21 bits per heavy atom. The second kappa shape index (κ2) is 4.19. The first-order valence-corrected chi connectivity index (χ1v) is 5.51. The monoisotopic (exact) mass is 263 g/mol. The van der Waals surface area contributed by atoms with Gasteiger partial charge in [0.1, 0.15) is 6.33 Å². The normalized spacial score (nSPS) is 14.2. The minimum absolute atomic E-state index is 0.0228. The minimum atomic E-state index is -1.26. The summed E-state index contributed by atoms with van der Waals surface area (Å²) < 4.78 is 6.42. The summed E-state index contributed by atoms with van der Waals surface area (Å²) in [6.45, 7) is 1.39. The van der Waals surface area contributed by atoms with Gasteiger partial charge in [-0.2, -0.15) is 0 Å². The van der Waals surface area contributed by atoms with Crippen LogP contribution in [0.2, 0.25) is 0 Å². The third-order valence-corrected chi connectivity index (χ3v) is 2.87. The lowest BCUT2D eigenvalue weighted by atomic mass is 10.3. The first kappa shape index (κ1) is 11.4. The maximum Gasteiger partial charge on any atom is 0.374 e. The molecule has 9 heteroatoms. The van der Waals surface area contributed by atoms with E-state index in [1.807, 2.05) is 4.57 Å². The van der Waals surface area contributed by atoms with Crippen LogP contribution in [0.25, 0.3) is 0 Å². The SMILES string of the molecule is O=C(O)c1cc(C(=O)N2CCn3cnnc3C2)no1. The molecule has 3 rings (SSSR count). The summed E-state index contributed by atoms with van der Waals surface area (Å²) in [5.41, 5.74) is -0.0228. The van der Waals surface area contributed by atoms with Crippen LogP contribution in [0, 0.1) is 0 Å². The van der Waals surface area contributed by atoms with Crippen LogP contribution >= 0.6 is 0 Å². The number of amides is 1. The van der Waals surface area contributed by atoms with Crippen molar-refractivity contribution in [3.63, 3.8) is 0 Å². The number of carboxylic acids is 1. The van der Waals surface area contributed by atoms with Crippen molar-refractivity contribution in [2.24, 2.45) is 0 Å². The lowest BCUT2D eigenvalue weighted by Gasteiger charge is -2.26. The van der Waals surface area contributed by atoms with Crippen molar-refractivity contribution < 1.29 is 19.2 Å². The van der Waals surface area contributed by atoms with Crippen molar-refractivity contribution >= 4 is 11.9 Å². The Hall–Kier alpha value is -2.71. The second-order valence-electron chi connectivity index (χ2n) is 4.05. The lowest BCUT2D eigenvalue weighted by Crippen LogP contribution is -2.38. The number of aromatic nitrogens is 4. The van der Waals surface area contributed by atoms with Crippen LogP contribution in [0.4, 0.5) is 0 Å². The number of hydrogen-bond donors (Lipinski definition) is 1. The zero-order valence-corrected chi connectivity index (χ0v) is 9.68. The largest absolute Gasteiger partial charge is 0.475 e. The van der Waals surface area contributed by atoms with Crippen molar-refractivity contribution in [2.75, 3.05) is 6.54 Å². The van der Waals surface area contributed by atoms with Crippen LogP contribution in [-0.4, -0.2) is 48.3 Å². The van der Waals surface area contributed by atoms with Gasteiger partial charge in [0.05, 0.1) is 6.54 Å². The summed E-state index contributed by atoms with van der Waals surface area (Å²) in [7, 11) is 0. The fourth-order valence-electron chi connectivity index (χ4n) is 1.88. The van der Waals surface area contributed by atoms with E-state index in [1.165, 1.54) is 4.90 Å². The van der Waals surface area contributed by atoms with Gasteiger partial charge in [-0.25, -0.2) is 4.79 Å². The molecule has 0 bridgehead atoms. The molecule has 0 unspecified atom stereocenters. The quantitative estimate of drug-likeness (QED) is 0.785. The first-order chi connectivity index (χ1) is 9.15. The molecule has 2 aromatic heterocycles. The van der Waals surface area contributed by atoms with Crippen molar-refractivity contribution in [2.45, 2.75) is 13.1 Å². The molecular formula is C10H9N5O4. The number of fused-ring (bicyclic) bond motifs is 1. The highest BCUT2D eigenvalue weighted by Gasteiger charge is 2.26. The summed E-state index contributed by atoms with van der Waals surface area (Å²) in [4.78, 5) is 24.3. The van der Waals surface area contributed by atoms with Crippen molar-refractivity contribution in [3.8, 4) is 0 Å². The number of hydrogen-bond acceptors (Lipinski definition) is 6. The first-order valence-electron chi connectivity index (χ1n) is 5.51. The van der Waals surface area contributed by atoms with Crippen LogP contribution in [0.3, 0.4) is 0 Å². The molecule has 0 fully saturated rings. The standard InChI is InChI=1S/C10H9N5O4/c16-9(6-3-7(10(17)18)19-13-6)14-1-2-15-5-11-12-8(15)4-14/h3,5H,1-2,4H2,(H,17,18). The van der Waals surface area contributed by atoms with E-state index in [2.05, 4.69) is 19.9 Å². The fourth-order valence-corrected chi connectivity index (χ4v) is 1.88. The molecule has 3 heterocycles. The van der Waals surface area contributed by atoms with Crippen LogP contribution in [0.15, 0.2) is 16.9 Å². The molecule has 1 N–H and O–H groups in total. The Labute approximate surface area is 106 Å². The highest BCUT2D eigenvalue weighted by atomic mass is 16.5. The molecule has 1 amide bonds. The van der Waals surface area contributed by atoms with E-state index in [0.29, 0.717) is 25.5 Å². The highest BCUT2D eigenvalue weighted by Crippen LogP contribution is 2.13. The van der Waals surface area contributed by atoms with Crippen LogP contribution in [-0.2, 0) is 13.1 Å². The van der Waals surface area contributed by atoms with Gasteiger partial charge in [0.25, 0.3) is 5.91 Å². The molecule has 1 aliphatic heterocycles. The van der Waals surface area contributed by atoms with E-state index < -0.39 is 5.97 Å². The van der Waals surface area contributed by atoms with Crippen LogP contribution in [0.5, 0.6) is 0 Å². The zero-order valence-electron chi connectivity index (χ0n) is 9.68. The number of carbonyl (C=O) groups is 2.